The summed E-state index contributed by atoms with van der Waals surface area (Å²) in [6.45, 7) is 5.03. The van der Waals surface area contributed by atoms with Gasteiger partial charge in [-0.2, -0.15) is 5.10 Å². The van der Waals surface area contributed by atoms with Crippen molar-refractivity contribution in [3.63, 3.8) is 0 Å². The maximum Gasteiger partial charge on any atom is 0.136 e. The minimum atomic E-state index is 0.415. The van der Waals surface area contributed by atoms with Crippen LogP contribution in [-0.4, -0.2) is 28.4 Å². The van der Waals surface area contributed by atoms with Crippen LogP contribution >= 0.6 is 12.2 Å². The number of thiocarbonyl (C=S) groups is 1. The highest BCUT2D eigenvalue weighted by molar-refractivity contribution is 7.80. The van der Waals surface area contributed by atoms with Gasteiger partial charge < -0.3 is 10.6 Å². The van der Waals surface area contributed by atoms with Crippen molar-refractivity contribution in [1.29, 1.82) is 0 Å². The molecule has 84 valence electrons. The van der Waals surface area contributed by atoms with Gasteiger partial charge in [0.1, 0.15) is 10.8 Å². The molecule has 5 heteroatoms. The van der Waals surface area contributed by atoms with E-state index >= 15 is 0 Å². The standard InChI is InChI=1S/C10H18N4S/c1-5-6-13(3)10-8(9(11)15)7(2)12-14(10)4/h5-6H2,1-4H3,(H2,11,15). The number of nitrogens with zero attached hydrogens (tertiary/aromatic N) is 3. The van der Waals surface area contributed by atoms with E-state index in [2.05, 4.69) is 16.9 Å². The highest BCUT2D eigenvalue weighted by Crippen LogP contribution is 2.22. The Balaban J connectivity index is 3.20. The second-order valence-electron chi connectivity index (χ2n) is 3.69. The second-order valence-corrected chi connectivity index (χ2v) is 4.13. The van der Waals surface area contributed by atoms with E-state index in [1.807, 2.05) is 25.7 Å². The zero-order valence-electron chi connectivity index (χ0n) is 9.74. The van der Waals surface area contributed by atoms with Gasteiger partial charge >= 0.3 is 0 Å². The molecule has 0 aliphatic rings. The number of anilines is 1. The van der Waals surface area contributed by atoms with Gasteiger partial charge in [-0.25, -0.2) is 0 Å². The van der Waals surface area contributed by atoms with Crippen molar-refractivity contribution in [2.45, 2.75) is 20.3 Å². The lowest BCUT2D eigenvalue weighted by Gasteiger charge is -2.19. The first-order valence-corrected chi connectivity index (χ1v) is 5.44. The van der Waals surface area contributed by atoms with Crippen LogP contribution in [0.1, 0.15) is 24.6 Å². The summed E-state index contributed by atoms with van der Waals surface area (Å²) in [5, 5.41) is 4.34. The normalized spacial score (nSPS) is 10.4. The van der Waals surface area contributed by atoms with Crippen molar-refractivity contribution in [2.75, 3.05) is 18.5 Å². The Morgan fingerprint density at radius 1 is 1.60 bits per heavy atom. The molecule has 0 atom stereocenters. The topological polar surface area (TPSA) is 47.1 Å². The number of hydrogen-bond donors (Lipinski definition) is 1. The number of nitrogens with two attached hydrogens (primary N) is 1. The molecule has 0 aromatic carbocycles. The minimum Gasteiger partial charge on any atom is -0.389 e. The Morgan fingerprint density at radius 2 is 2.20 bits per heavy atom. The Morgan fingerprint density at radius 3 is 2.67 bits per heavy atom. The molecule has 0 fully saturated rings. The van der Waals surface area contributed by atoms with Crippen LogP contribution in [-0.2, 0) is 7.05 Å². The number of aryl methyl sites for hydroxylation is 2. The second kappa shape index (κ2) is 4.61. The molecule has 0 saturated carbocycles. The van der Waals surface area contributed by atoms with Gasteiger partial charge in [-0.1, -0.05) is 19.1 Å². The summed E-state index contributed by atoms with van der Waals surface area (Å²) in [5.41, 5.74) is 7.50. The Kier molecular flexibility index (Phi) is 3.68. The Labute approximate surface area is 96.1 Å². The first-order chi connectivity index (χ1) is 6.99. The van der Waals surface area contributed by atoms with Crippen LogP contribution in [0, 0.1) is 6.92 Å². The van der Waals surface area contributed by atoms with E-state index in [0.29, 0.717) is 4.99 Å². The van der Waals surface area contributed by atoms with Crippen LogP contribution in [0.5, 0.6) is 0 Å². The maximum absolute atomic E-state index is 5.71. The maximum atomic E-state index is 5.71. The van der Waals surface area contributed by atoms with Crippen LogP contribution < -0.4 is 10.6 Å². The molecule has 1 rings (SSSR count). The lowest BCUT2D eigenvalue weighted by atomic mass is 10.2. The van der Waals surface area contributed by atoms with E-state index in [0.717, 1.165) is 30.0 Å². The molecule has 0 saturated heterocycles. The lowest BCUT2D eigenvalue weighted by molar-refractivity contribution is 0.720. The molecular weight excluding hydrogens is 208 g/mol. The molecule has 2 N–H and O–H groups in total. The monoisotopic (exact) mass is 226 g/mol. The summed E-state index contributed by atoms with van der Waals surface area (Å²) >= 11 is 5.05. The van der Waals surface area contributed by atoms with Crippen molar-refractivity contribution in [3.8, 4) is 0 Å². The van der Waals surface area contributed by atoms with Gasteiger partial charge in [0, 0.05) is 20.6 Å². The van der Waals surface area contributed by atoms with Crippen LogP contribution in [0.3, 0.4) is 0 Å². The highest BCUT2D eigenvalue weighted by Gasteiger charge is 2.18. The minimum absolute atomic E-state index is 0.415. The molecule has 1 aromatic rings. The SMILES string of the molecule is CCCN(C)c1c(C(N)=S)c(C)nn1C. The van der Waals surface area contributed by atoms with Crippen molar-refractivity contribution >= 4 is 23.0 Å². The van der Waals surface area contributed by atoms with Gasteiger partial charge in [-0.05, 0) is 13.3 Å². The molecule has 0 amide bonds. The Hall–Kier alpha value is -1.10. The third kappa shape index (κ3) is 2.28. The molecule has 0 spiro atoms. The first-order valence-electron chi connectivity index (χ1n) is 5.03. The first kappa shape index (κ1) is 12.0. The van der Waals surface area contributed by atoms with Gasteiger partial charge in [0.05, 0.1) is 11.3 Å². The molecule has 1 heterocycles. The van der Waals surface area contributed by atoms with Crippen molar-refractivity contribution in [3.05, 3.63) is 11.3 Å². The molecule has 4 nitrogen and oxygen atoms in total. The molecule has 1 aromatic heterocycles. The van der Waals surface area contributed by atoms with E-state index in [4.69, 9.17) is 18.0 Å². The molecule has 0 unspecified atom stereocenters. The van der Waals surface area contributed by atoms with Gasteiger partial charge in [0.2, 0.25) is 0 Å². The van der Waals surface area contributed by atoms with Gasteiger partial charge in [0.25, 0.3) is 0 Å². The summed E-state index contributed by atoms with van der Waals surface area (Å²) < 4.78 is 1.83. The van der Waals surface area contributed by atoms with E-state index < -0.39 is 0 Å². The summed E-state index contributed by atoms with van der Waals surface area (Å²) in [5.74, 6) is 1.00. The predicted molar refractivity (Wildman–Crippen MR) is 67.4 cm³/mol. The van der Waals surface area contributed by atoms with Gasteiger partial charge in [-0.3, -0.25) is 4.68 Å². The van der Waals surface area contributed by atoms with Crippen LogP contribution in [0.2, 0.25) is 0 Å². The van der Waals surface area contributed by atoms with Crippen LogP contribution in [0.25, 0.3) is 0 Å². The van der Waals surface area contributed by atoms with Gasteiger partial charge in [-0.15, -0.1) is 0 Å². The summed E-state index contributed by atoms with van der Waals surface area (Å²) in [6.07, 6.45) is 1.08. The van der Waals surface area contributed by atoms with Crippen molar-refractivity contribution in [2.24, 2.45) is 12.8 Å². The molecule has 0 bridgehead atoms. The summed E-state index contributed by atoms with van der Waals surface area (Å²) in [4.78, 5) is 2.55. The highest BCUT2D eigenvalue weighted by atomic mass is 32.1. The third-order valence-corrected chi connectivity index (χ3v) is 2.56. The molecule has 0 aliphatic carbocycles. The fourth-order valence-electron chi connectivity index (χ4n) is 1.81. The van der Waals surface area contributed by atoms with E-state index in [-0.39, 0.29) is 0 Å². The number of rotatable bonds is 4. The molecular formula is C10H18N4S. The van der Waals surface area contributed by atoms with Crippen LogP contribution in [0.15, 0.2) is 0 Å². The van der Waals surface area contributed by atoms with E-state index in [1.54, 1.807) is 0 Å². The van der Waals surface area contributed by atoms with Crippen LogP contribution in [0.4, 0.5) is 5.82 Å². The average molecular weight is 226 g/mol. The van der Waals surface area contributed by atoms with E-state index in [1.165, 1.54) is 0 Å². The lowest BCUT2D eigenvalue weighted by Crippen LogP contribution is -2.24. The zero-order valence-corrected chi connectivity index (χ0v) is 10.6. The largest absolute Gasteiger partial charge is 0.389 e. The van der Waals surface area contributed by atoms with E-state index in [9.17, 15) is 0 Å². The summed E-state index contributed by atoms with van der Waals surface area (Å²) in [6, 6.07) is 0. The fourth-order valence-corrected chi connectivity index (χ4v) is 2.05. The third-order valence-electron chi connectivity index (χ3n) is 2.36. The predicted octanol–water partition coefficient (Wildman–Crippen LogP) is 1.21. The molecule has 15 heavy (non-hydrogen) atoms. The smallest absolute Gasteiger partial charge is 0.136 e. The van der Waals surface area contributed by atoms with Gasteiger partial charge in [0.15, 0.2) is 0 Å². The number of hydrogen-bond acceptors (Lipinski definition) is 3. The molecule has 0 radical (unpaired) electrons. The van der Waals surface area contributed by atoms with Crippen molar-refractivity contribution < 1.29 is 0 Å². The van der Waals surface area contributed by atoms with Crippen molar-refractivity contribution in [1.82, 2.24) is 9.78 Å². The molecule has 0 aliphatic heterocycles. The number of aromatic nitrogens is 2. The Bertz CT molecular complexity index is 370. The average Bonchev–Trinajstić information content (AvgIpc) is 2.41. The quantitative estimate of drug-likeness (QED) is 0.784. The fraction of sp³-hybridized carbons (Fsp3) is 0.600. The summed E-state index contributed by atoms with van der Waals surface area (Å²) in [7, 11) is 3.94. The zero-order chi connectivity index (χ0) is 11.6.